The predicted molar refractivity (Wildman–Crippen MR) is 75.4 cm³/mol. The molecular formula is C13H17FN4O2S. The van der Waals surface area contributed by atoms with Gasteiger partial charge in [0.05, 0.1) is 6.04 Å². The fraction of sp³-hybridized carbons (Fsp3) is 0.385. The van der Waals surface area contributed by atoms with Gasteiger partial charge in [0.1, 0.15) is 22.9 Å². The van der Waals surface area contributed by atoms with E-state index >= 15 is 0 Å². The number of aryl methyl sites for hydroxylation is 1. The molecule has 21 heavy (non-hydrogen) atoms. The van der Waals surface area contributed by atoms with Crippen LogP contribution in [-0.4, -0.2) is 23.2 Å². The van der Waals surface area contributed by atoms with Gasteiger partial charge in [0.15, 0.2) is 0 Å². The lowest BCUT2D eigenvalue weighted by atomic mass is 10.3. The molecule has 2 rings (SSSR count). The third-order valence-corrected chi connectivity index (χ3v) is 4.50. The van der Waals surface area contributed by atoms with Crippen molar-refractivity contribution in [1.29, 1.82) is 0 Å². The van der Waals surface area contributed by atoms with Crippen LogP contribution in [0.2, 0.25) is 0 Å². The van der Waals surface area contributed by atoms with Crippen LogP contribution in [0.1, 0.15) is 32.1 Å². The standard InChI is InChI=1S/C13H17FN4O2S/c1-3-8-18-13(15-9-16-18)10(2)17-21(19,20)12-7-5-4-6-11(12)14/h4-7,9-10,17H,3,8H2,1-2H3/t10-/m0/s1. The van der Waals surface area contributed by atoms with Gasteiger partial charge < -0.3 is 0 Å². The first kappa shape index (κ1) is 15.6. The molecule has 0 aliphatic heterocycles. The molecule has 0 fully saturated rings. The van der Waals surface area contributed by atoms with Gasteiger partial charge in [-0.3, -0.25) is 0 Å². The van der Waals surface area contributed by atoms with E-state index in [4.69, 9.17) is 0 Å². The third kappa shape index (κ3) is 3.45. The summed E-state index contributed by atoms with van der Waals surface area (Å²) < 4.78 is 42.1. The number of aromatic nitrogens is 3. The van der Waals surface area contributed by atoms with E-state index < -0.39 is 21.9 Å². The van der Waals surface area contributed by atoms with E-state index in [1.807, 2.05) is 6.92 Å². The van der Waals surface area contributed by atoms with E-state index in [0.717, 1.165) is 12.5 Å². The highest BCUT2D eigenvalue weighted by atomic mass is 32.2. The second-order valence-corrected chi connectivity index (χ2v) is 6.30. The molecule has 0 radical (unpaired) electrons. The lowest BCUT2D eigenvalue weighted by molar-refractivity contribution is 0.510. The minimum atomic E-state index is -3.95. The quantitative estimate of drug-likeness (QED) is 0.883. The van der Waals surface area contributed by atoms with Gasteiger partial charge in [-0.05, 0) is 25.5 Å². The molecule has 1 aromatic carbocycles. The normalized spacial score (nSPS) is 13.3. The lowest BCUT2D eigenvalue weighted by Crippen LogP contribution is -2.29. The monoisotopic (exact) mass is 312 g/mol. The molecule has 0 amide bonds. The molecule has 6 nitrogen and oxygen atoms in total. The van der Waals surface area contributed by atoms with Crippen LogP contribution in [-0.2, 0) is 16.6 Å². The zero-order chi connectivity index (χ0) is 15.5. The topological polar surface area (TPSA) is 76.9 Å². The first-order valence-corrected chi connectivity index (χ1v) is 8.08. The zero-order valence-corrected chi connectivity index (χ0v) is 12.6. The summed E-state index contributed by atoms with van der Waals surface area (Å²) in [5, 5.41) is 4.04. The molecule has 0 aliphatic rings. The molecule has 0 bridgehead atoms. The third-order valence-electron chi connectivity index (χ3n) is 2.93. The average molecular weight is 312 g/mol. The molecule has 0 spiro atoms. The summed E-state index contributed by atoms with van der Waals surface area (Å²) in [5.74, 6) is -0.288. The van der Waals surface area contributed by atoms with E-state index in [1.54, 1.807) is 11.6 Å². The lowest BCUT2D eigenvalue weighted by Gasteiger charge is -2.15. The molecule has 0 aliphatic carbocycles. The molecular weight excluding hydrogens is 295 g/mol. The molecule has 0 saturated heterocycles. The van der Waals surface area contributed by atoms with E-state index in [-0.39, 0.29) is 4.90 Å². The van der Waals surface area contributed by atoms with Crippen molar-refractivity contribution in [1.82, 2.24) is 19.5 Å². The van der Waals surface area contributed by atoms with Crippen molar-refractivity contribution in [3.8, 4) is 0 Å². The SMILES string of the molecule is CCCn1ncnc1[C@H](C)NS(=O)(=O)c1ccccc1F. The molecule has 2 aromatic rings. The first-order chi connectivity index (χ1) is 9.95. The summed E-state index contributed by atoms with van der Waals surface area (Å²) in [6, 6.07) is 4.64. The fourth-order valence-electron chi connectivity index (χ4n) is 2.00. The molecule has 0 unspecified atom stereocenters. The number of rotatable bonds is 6. The maximum Gasteiger partial charge on any atom is 0.244 e. The van der Waals surface area contributed by atoms with Crippen LogP contribution >= 0.6 is 0 Å². The maximum absolute atomic E-state index is 13.6. The largest absolute Gasteiger partial charge is 0.249 e. The van der Waals surface area contributed by atoms with Crippen molar-refractivity contribution in [3.05, 3.63) is 42.2 Å². The molecule has 0 saturated carbocycles. The van der Waals surface area contributed by atoms with Crippen LogP contribution < -0.4 is 4.72 Å². The number of nitrogens with zero attached hydrogens (tertiary/aromatic N) is 3. The molecule has 1 aromatic heterocycles. The smallest absolute Gasteiger partial charge is 0.244 e. The predicted octanol–water partition coefficient (Wildman–Crippen LogP) is 1.87. The Morgan fingerprint density at radius 2 is 2.10 bits per heavy atom. The Kier molecular flexibility index (Phi) is 4.69. The van der Waals surface area contributed by atoms with Crippen molar-refractivity contribution in [3.63, 3.8) is 0 Å². The number of halogens is 1. The zero-order valence-electron chi connectivity index (χ0n) is 11.8. The molecule has 114 valence electrons. The highest BCUT2D eigenvalue weighted by Crippen LogP contribution is 2.17. The fourth-order valence-corrected chi connectivity index (χ4v) is 3.28. The van der Waals surface area contributed by atoms with Gasteiger partial charge in [0.2, 0.25) is 10.0 Å². The maximum atomic E-state index is 13.6. The number of nitrogens with one attached hydrogen (secondary N) is 1. The Hall–Kier alpha value is -1.80. The number of hydrogen-bond donors (Lipinski definition) is 1. The van der Waals surface area contributed by atoms with Crippen molar-refractivity contribution in [2.24, 2.45) is 0 Å². The minimum absolute atomic E-state index is 0.376. The van der Waals surface area contributed by atoms with Gasteiger partial charge in [-0.1, -0.05) is 19.1 Å². The summed E-state index contributed by atoms with van der Waals surface area (Å²) in [7, 11) is -3.95. The Labute approximate surface area is 123 Å². The van der Waals surface area contributed by atoms with Gasteiger partial charge in [0.25, 0.3) is 0 Å². The van der Waals surface area contributed by atoms with Crippen molar-refractivity contribution in [2.45, 2.75) is 37.8 Å². The van der Waals surface area contributed by atoms with Crippen LogP contribution in [0.15, 0.2) is 35.5 Å². The Balaban J connectivity index is 2.24. The minimum Gasteiger partial charge on any atom is -0.249 e. The Morgan fingerprint density at radius 3 is 2.76 bits per heavy atom. The molecule has 8 heteroatoms. The van der Waals surface area contributed by atoms with E-state index in [1.165, 1.54) is 24.5 Å². The van der Waals surface area contributed by atoms with Crippen LogP contribution in [0.5, 0.6) is 0 Å². The van der Waals surface area contributed by atoms with Gasteiger partial charge in [0, 0.05) is 6.54 Å². The summed E-state index contributed by atoms with van der Waals surface area (Å²) in [6.07, 6.45) is 2.22. The van der Waals surface area contributed by atoms with Gasteiger partial charge >= 0.3 is 0 Å². The van der Waals surface area contributed by atoms with Crippen LogP contribution in [0.4, 0.5) is 4.39 Å². The van der Waals surface area contributed by atoms with Crippen LogP contribution in [0.25, 0.3) is 0 Å². The molecule has 1 heterocycles. The summed E-state index contributed by atoms with van der Waals surface area (Å²) >= 11 is 0. The second-order valence-electron chi connectivity index (χ2n) is 4.61. The number of hydrogen-bond acceptors (Lipinski definition) is 4. The summed E-state index contributed by atoms with van der Waals surface area (Å²) in [4.78, 5) is 3.69. The van der Waals surface area contributed by atoms with Crippen molar-refractivity contribution < 1.29 is 12.8 Å². The summed E-state index contributed by atoms with van der Waals surface area (Å²) in [6.45, 7) is 4.27. The number of sulfonamides is 1. The highest BCUT2D eigenvalue weighted by Gasteiger charge is 2.23. The van der Waals surface area contributed by atoms with Gasteiger partial charge in [-0.2, -0.15) is 5.10 Å². The van der Waals surface area contributed by atoms with Crippen molar-refractivity contribution >= 4 is 10.0 Å². The van der Waals surface area contributed by atoms with Crippen molar-refractivity contribution in [2.75, 3.05) is 0 Å². The van der Waals surface area contributed by atoms with Crippen LogP contribution in [0, 0.1) is 5.82 Å². The van der Waals surface area contributed by atoms with Crippen LogP contribution in [0.3, 0.4) is 0 Å². The van der Waals surface area contributed by atoms with E-state index in [0.29, 0.717) is 12.4 Å². The first-order valence-electron chi connectivity index (χ1n) is 6.60. The molecule has 1 N–H and O–H groups in total. The summed E-state index contributed by atoms with van der Waals surface area (Å²) in [5.41, 5.74) is 0. The number of benzene rings is 1. The highest BCUT2D eigenvalue weighted by molar-refractivity contribution is 7.89. The second kappa shape index (κ2) is 6.31. The van der Waals surface area contributed by atoms with Gasteiger partial charge in [-0.25, -0.2) is 27.2 Å². The van der Waals surface area contributed by atoms with E-state index in [2.05, 4.69) is 14.8 Å². The van der Waals surface area contributed by atoms with E-state index in [9.17, 15) is 12.8 Å². The van der Waals surface area contributed by atoms with Gasteiger partial charge in [-0.15, -0.1) is 0 Å². The Bertz CT molecular complexity index is 714. The Morgan fingerprint density at radius 1 is 1.38 bits per heavy atom. The average Bonchev–Trinajstić information content (AvgIpc) is 2.87. The molecule has 1 atom stereocenters.